The van der Waals surface area contributed by atoms with Crippen molar-refractivity contribution in [3.8, 4) is 0 Å². The zero-order valence-corrected chi connectivity index (χ0v) is 12.2. The molecule has 1 aromatic rings. The first kappa shape index (κ1) is 14.0. The van der Waals surface area contributed by atoms with E-state index in [1.54, 1.807) is 6.07 Å². The molecule has 0 aromatic carbocycles. The van der Waals surface area contributed by atoms with Crippen molar-refractivity contribution in [3.05, 3.63) is 17.0 Å². The molecular weight excluding hydrogens is 272 g/mol. The van der Waals surface area contributed by atoms with Gasteiger partial charge in [0.15, 0.2) is 0 Å². The maximum Gasteiger partial charge on any atom is 0.250 e. The first-order valence-corrected chi connectivity index (χ1v) is 8.13. The molecule has 1 fully saturated rings. The number of likely N-dealkylation sites (N-methyl/N-ethyl adjacent to an activating group) is 1. The lowest BCUT2D eigenvalue weighted by Gasteiger charge is -2.29. The Balaban J connectivity index is 1.93. The lowest BCUT2D eigenvalue weighted by Crippen LogP contribution is -2.45. The molecule has 5 nitrogen and oxygen atoms in total. The number of aryl methyl sites for hydroxylation is 1. The minimum Gasteiger partial charge on any atom is -0.374 e. The minimum absolute atomic E-state index is 0.0698. The monoisotopic (exact) mass is 290 g/mol. The Morgan fingerprint density at radius 3 is 2.94 bits per heavy atom. The summed E-state index contributed by atoms with van der Waals surface area (Å²) in [5.41, 5.74) is 0. The van der Waals surface area contributed by atoms with Gasteiger partial charge in [-0.15, -0.1) is 11.3 Å². The van der Waals surface area contributed by atoms with Crippen LogP contribution in [-0.4, -0.2) is 52.7 Å². The molecule has 1 aliphatic rings. The van der Waals surface area contributed by atoms with Gasteiger partial charge in [0, 0.05) is 24.5 Å². The van der Waals surface area contributed by atoms with E-state index in [1.165, 1.54) is 11.3 Å². The van der Waals surface area contributed by atoms with Gasteiger partial charge in [-0.1, -0.05) is 0 Å². The minimum atomic E-state index is -3.39. The van der Waals surface area contributed by atoms with Crippen LogP contribution in [0.3, 0.4) is 0 Å². The highest BCUT2D eigenvalue weighted by molar-refractivity contribution is 7.91. The molecule has 0 saturated carbocycles. The third-order valence-corrected chi connectivity index (χ3v) is 5.74. The van der Waals surface area contributed by atoms with Gasteiger partial charge >= 0.3 is 0 Å². The number of hydrogen-bond acceptors (Lipinski definition) is 5. The van der Waals surface area contributed by atoms with Crippen LogP contribution in [-0.2, 0) is 14.8 Å². The average molecular weight is 290 g/mol. The van der Waals surface area contributed by atoms with Crippen molar-refractivity contribution in [1.82, 2.24) is 9.62 Å². The predicted octanol–water partition coefficient (Wildman–Crippen LogP) is 0.665. The number of thiophene rings is 1. The van der Waals surface area contributed by atoms with E-state index in [2.05, 4.69) is 9.62 Å². The van der Waals surface area contributed by atoms with Gasteiger partial charge in [0.05, 0.1) is 12.7 Å². The van der Waals surface area contributed by atoms with Crippen molar-refractivity contribution >= 4 is 21.4 Å². The van der Waals surface area contributed by atoms with E-state index in [4.69, 9.17) is 4.74 Å². The number of sulfonamides is 1. The van der Waals surface area contributed by atoms with Crippen molar-refractivity contribution in [1.29, 1.82) is 0 Å². The van der Waals surface area contributed by atoms with E-state index >= 15 is 0 Å². The van der Waals surface area contributed by atoms with Crippen LogP contribution in [0, 0.1) is 6.92 Å². The second-order valence-electron chi connectivity index (χ2n) is 4.47. The second-order valence-corrected chi connectivity index (χ2v) is 7.75. The van der Waals surface area contributed by atoms with Crippen molar-refractivity contribution in [2.45, 2.75) is 17.2 Å². The molecule has 1 saturated heterocycles. The van der Waals surface area contributed by atoms with Gasteiger partial charge in [-0.3, -0.25) is 0 Å². The Hall–Kier alpha value is -0.470. The summed E-state index contributed by atoms with van der Waals surface area (Å²) in [5, 5.41) is 0. The summed E-state index contributed by atoms with van der Waals surface area (Å²) in [4.78, 5) is 3.13. The molecule has 0 amide bonds. The summed E-state index contributed by atoms with van der Waals surface area (Å²) in [7, 11) is -1.38. The summed E-state index contributed by atoms with van der Waals surface area (Å²) in [6.45, 7) is 4.52. The van der Waals surface area contributed by atoms with Crippen molar-refractivity contribution in [3.63, 3.8) is 0 Å². The first-order chi connectivity index (χ1) is 8.47. The van der Waals surface area contributed by atoms with Gasteiger partial charge in [-0.25, -0.2) is 13.1 Å². The van der Waals surface area contributed by atoms with Crippen LogP contribution in [0.15, 0.2) is 16.3 Å². The van der Waals surface area contributed by atoms with Gasteiger partial charge < -0.3 is 9.64 Å². The molecule has 1 aliphatic heterocycles. The van der Waals surface area contributed by atoms with Crippen molar-refractivity contribution < 1.29 is 13.2 Å². The molecule has 1 atom stereocenters. The van der Waals surface area contributed by atoms with E-state index in [-0.39, 0.29) is 6.10 Å². The summed E-state index contributed by atoms with van der Waals surface area (Å²) in [5.74, 6) is 0. The van der Waals surface area contributed by atoms with Crippen LogP contribution in [0.1, 0.15) is 4.88 Å². The molecule has 1 aromatic heterocycles. The number of hydrogen-bond donors (Lipinski definition) is 1. The van der Waals surface area contributed by atoms with Crippen LogP contribution in [0.2, 0.25) is 0 Å². The van der Waals surface area contributed by atoms with E-state index in [0.717, 1.165) is 18.0 Å². The normalized spacial score (nSPS) is 22.2. The second kappa shape index (κ2) is 5.66. The molecule has 18 heavy (non-hydrogen) atoms. The lowest BCUT2D eigenvalue weighted by atomic mass is 10.3. The molecule has 2 rings (SSSR count). The van der Waals surface area contributed by atoms with E-state index < -0.39 is 10.0 Å². The van der Waals surface area contributed by atoms with E-state index in [1.807, 2.05) is 20.0 Å². The molecule has 7 heteroatoms. The Morgan fingerprint density at radius 2 is 2.33 bits per heavy atom. The molecule has 0 bridgehead atoms. The SMILES string of the molecule is Cc1ccc(S(=O)(=O)NCC2CN(C)CCO2)s1. The lowest BCUT2D eigenvalue weighted by molar-refractivity contribution is -0.0156. The highest BCUT2D eigenvalue weighted by Gasteiger charge is 2.22. The van der Waals surface area contributed by atoms with Gasteiger partial charge in [0.25, 0.3) is 0 Å². The maximum atomic E-state index is 12.0. The molecule has 0 aliphatic carbocycles. The third kappa shape index (κ3) is 3.52. The molecule has 0 radical (unpaired) electrons. The van der Waals surface area contributed by atoms with Crippen LogP contribution >= 0.6 is 11.3 Å². The van der Waals surface area contributed by atoms with E-state index in [9.17, 15) is 8.42 Å². The fraction of sp³-hybridized carbons (Fsp3) is 0.636. The Kier molecular flexibility index (Phi) is 4.39. The topological polar surface area (TPSA) is 58.6 Å². The summed E-state index contributed by atoms with van der Waals surface area (Å²) in [6.07, 6.45) is -0.0698. The Bertz CT molecular complexity index is 498. The number of nitrogens with one attached hydrogen (secondary N) is 1. The quantitative estimate of drug-likeness (QED) is 0.885. The molecule has 102 valence electrons. The largest absolute Gasteiger partial charge is 0.374 e. The predicted molar refractivity (Wildman–Crippen MR) is 71.5 cm³/mol. The number of nitrogens with zero attached hydrogens (tertiary/aromatic N) is 1. The summed E-state index contributed by atoms with van der Waals surface area (Å²) in [6, 6.07) is 3.44. The number of morpholine rings is 1. The van der Waals surface area contributed by atoms with Crippen molar-refractivity contribution in [2.75, 3.05) is 33.3 Å². The molecule has 2 heterocycles. The smallest absolute Gasteiger partial charge is 0.250 e. The molecular formula is C11H18N2O3S2. The van der Waals surface area contributed by atoms with Gasteiger partial charge in [-0.2, -0.15) is 0 Å². The highest BCUT2D eigenvalue weighted by atomic mass is 32.2. The fourth-order valence-corrected chi connectivity index (χ4v) is 4.21. The molecule has 1 N–H and O–H groups in total. The number of ether oxygens (including phenoxy) is 1. The Morgan fingerprint density at radius 1 is 1.56 bits per heavy atom. The van der Waals surface area contributed by atoms with Crippen LogP contribution < -0.4 is 4.72 Å². The summed E-state index contributed by atoms with van der Waals surface area (Å²) < 4.78 is 32.5. The summed E-state index contributed by atoms with van der Waals surface area (Å²) >= 11 is 1.28. The standard InChI is InChI=1S/C11H18N2O3S2/c1-9-3-4-11(17-9)18(14,15)12-7-10-8-13(2)5-6-16-10/h3-4,10,12H,5-8H2,1-2H3. The average Bonchev–Trinajstić information content (AvgIpc) is 2.74. The third-order valence-electron chi connectivity index (χ3n) is 2.82. The highest BCUT2D eigenvalue weighted by Crippen LogP contribution is 2.20. The van der Waals surface area contributed by atoms with E-state index in [0.29, 0.717) is 17.4 Å². The van der Waals surface area contributed by atoms with Crippen molar-refractivity contribution in [2.24, 2.45) is 0 Å². The zero-order chi connectivity index (χ0) is 13.2. The van der Waals surface area contributed by atoms with Crippen LogP contribution in [0.5, 0.6) is 0 Å². The first-order valence-electron chi connectivity index (χ1n) is 5.83. The number of rotatable bonds is 4. The van der Waals surface area contributed by atoms with Gasteiger partial charge in [-0.05, 0) is 26.1 Å². The van der Waals surface area contributed by atoms with Crippen LogP contribution in [0.25, 0.3) is 0 Å². The maximum absolute atomic E-state index is 12.0. The Labute approximate surface area is 112 Å². The zero-order valence-electron chi connectivity index (χ0n) is 10.5. The molecule has 1 unspecified atom stereocenters. The molecule has 0 spiro atoms. The van der Waals surface area contributed by atoms with Gasteiger partial charge in [0.1, 0.15) is 4.21 Å². The fourth-order valence-electron chi connectivity index (χ4n) is 1.82. The van der Waals surface area contributed by atoms with Crippen LogP contribution in [0.4, 0.5) is 0 Å². The van der Waals surface area contributed by atoms with Gasteiger partial charge in [0.2, 0.25) is 10.0 Å².